The Morgan fingerprint density at radius 2 is 1.83 bits per heavy atom. The van der Waals surface area contributed by atoms with Gasteiger partial charge in [-0.2, -0.15) is 17.9 Å². The Labute approximate surface area is 165 Å². The lowest BCUT2D eigenvalue weighted by molar-refractivity contribution is -0.137. The van der Waals surface area contributed by atoms with Crippen LogP contribution in [0.4, 0.5) is 17.6 Å². The van der Waals surface area contributed by atoms with Crippen molar-refractivity contribution in [3.8, 4) is 23.3 Å². The quantitative estimate of drug-likeness (QED) is 0.538. The number of halogens is 4. The van der Waals surface area contributed by atoms with Crippen LogP contribution in [0.3, 0.4) is 0 Å². The molecular weight excluding hydrogens is 414 g/mol. The SMILES string of the molecule is CCOc1ccc(S(=O)(=O)NCC#CCOc2cccc(C(F)(F)F)c2)cc1F. The summed E-state index contributed by atoms with van der Waals surface area (Å²) in [6.45, 7) is 1.38. The summed E-state index contributed by atoms with van der Waals surface area (Å²) in [6.07, 6.45) is -4.48. The number of benzene rings is 2. The van der Waals surface area contributed by atoms with E-state index in [1.54, 1.807) is 6.92 Å². The minimum absolute atomic E-state index is 0.0143. The highest BCUT2D eigenvalue weighted by atomic mass is 32.2. The maximum atomic E-state index is 13.8. The second-order valence-electron chi connectivity index (χ2n) is 5.52. The van der Waals surface area contributed by atoms with E-state index in [2.05, 4.69) is 16.6 Å². The van der Waals surface area contributed by atoms with Crippen LogP contribution in [-0.4, -0.2) is 28.2 Å². The lowest BCUT2D eigenvalue weighted by Gasteiger charge is -2.08. The third kappa shape index (κ3) is 6.66. The van der Waals surface area contributed by atoms with Gasteiger partial charge >= 0.3 is 6.18 Å². The van der Waals surface area contributed by atoms with Crippen molar-refractivity contribution in [2.24, 2.45) is 0 Å². The second-order valence-corrected chi connectivity index (χ2v) is 7.28. The van der Waals surface area contributed by atoms with Crippen molar-refractivity contribution in [1.82, 2.24) is 4.72 Å². The maximum Gasteiger partial charge on any atom is 0.416 e. The topological polar surface area (TPSA) is 64.6 Å². The smallest absolute Gasteiger partial charge is 0.416 e. The van der Waals surface area contributed by atoms with Crippen LogP contribution in [0.1, 0.15) is 12.5 Å². The largest absolute Gasteiger partial charge is 0.491 e. The van der Waals surface area contributed by atoms with Crippen molar-refractivity contribution in [1.29, 1.82) is 0 Å². The first-order valence-corrected chi connectivity index (χ1v) is 9.79. The fourth-order valence-electron chi connectivity index (χ4n) is 2.13. The Bertz CT molecular complexity index is 1010. The predicted octanol–water partition coefficient (Wildman–Crippen LogP) is 3.60. The van der Waals surface area contributed by atoms with Crippen LogP contribution in [0, 0.1) is 17.7 Å². The van der Waals surface area contributed by atoms with E-state index in [9.17, 15) is 26.0 Å². The number of hydrogen-bond acceptors (Lipinski definition) is 4. The van der Waals surface area contributed by atoms with E-state index in [0.29, 0.717) is 0 Å². The van der Waals surface area contributed by atoms with E-state index in [-0.39, 0.29) is 36.2 Å². The van der Waals surface area contributed by atoms with Crippen molar-refractivity contribution >= 4 is 10.0 Å². The van der Waals surface area contributed by atoms with E-state index in [0.717, 1.165) is 18.2 Å². The molecule has 10 heteroatoms. The van der Waals surface area contributed by atoms with Gasteiger partial charge in [0.2, 0.25) is 10.0 Å². The van der Waals surface area contributed by atoms with Gasteiger partial charge in [0.05, 0.1) is 23.6 Å². The lowest BCUT2D eigenvalue weighted by atomic mass is 10.2. The molecule has 0 bridgehead atoms. The van der Waals surface area contributed by atoms with Crippen LogP contribution < -0.4 is 14.2 Å². The molecule has 1 N–H and O–H groups in total. The molecule has 156 valence electrons. The first kappa shape index (κ1) is 22.5. The van der Waals surface area contributed by atoms with Crippen LogP contribution in [0.25, 0.3) is 0 Å². The fraction of sp³-hybridized carbons (Fsp3) is 0.263. The summed E-state index contributed by atoms with van der Waals surface area (Å²) in [6, 6.07) is 7.54. The van der Waals surface area contributed by atoms with Crippen LogP contribution in [0.2, 0.25) is 0 Å². The highest BCUT2D eigenvalue weighted by molar-refractivity contribution is 7.89. The average molecular weight is 431 g/mol. The average Bonchev–Trinajstić information content (AvgIpc) is 2.66. The van der Waals surface area contributed by atoms with Gasteiger partial charge in [-0.1, -0.05) is 17.9 Å². The van der Waals surface area contributed by atoms with Crippen LogP contribution in [0.15, 0.2) is 47.4 Å². The van der Waals surface area contributed by atoms with Gasteiger partial charge in [-0.15, -0.1) is 0 Å². The molecule has 0 aliphatic rings. The zero-order valence-electron chi connectivity index (χ0n) is 15.2. The Balaban J connectivity index is 1.89. The standard InChI is InChI=1S/C19H17F4NO4S/c1-2-27-18-9-8-16(13-17(18)20)29(25,26)24-10-3-4-11-28-15-7-5-6-14(12-15)19(21,22)23/h5-9,12-13,24H,2,10-11H2,1H3. The van der Waals surface area contributed by atoms with Gasteiger partial charge in [-0.05, 0) is 43.3 Å². The van der Waals surface area contributed by atoms with Gasteiger partial charge in [0.15, 0.2) is 11.6 Å². The van der Waals surface area contributed by atoms with Crippen molar-refractivity contribution in [3.63, 3.8) is 0 Å². The monoisotopic (exact) mass is 431 g/mol. The summed E-state index contributed by atoms with van der Waals surface area (Å²) < 4.78 is 88.1. The molecular formula is C19H17F4NO4S. The highest BCUT2D eigenvalue weighted by Gasteiger charge is 2.30. The summed E-state index contributed by atoms with van der Waals surface area (Å²) in [7, 11) is -3.99. The lowest BCUT2D eigenvalue weighted by Crippen LogP contribution is -2.24. The van der Waals surface area contributed by atoms with E-state index >= 15 is 0 Å². The van der Waals surface area contributed by atoms with Crippen molar-refractivity contribution in [2.45, 2.75) is 18.0 Å². The van der Waals surface area contributed by atoms with Gasteiger partial charge in [0.1, 0.15) is 12.4 Å². The molecule has 0 fully saturated rings. The van der Waals surface area contributed by atoms with Crippen LogP contribution >= 0.6 is 0 Å². The summed E-state index contributed by atoms with van der Waals surface area (Å²) in [5.74, 6) is 4.06. The first-order chi connectivity index (χ1) is 13.6. The third-order valence-corrected chi connectivity index (χ3v) is 4.86. The van der Waals surface area contributed by atoms with Gasteiger partial charge in [-0.25, -0.2) is 12.8 Å². The van der Waals surface area contributed by atoms with Gasteiger partial charge < -0.3 is 9.47 Å². The van der Waals surface area contributed by atoms with Crippen LogP contribution in [-0.2, 0) is 16.2 Å². The summed E-state index contributed by atoms with van der Waals surface area (Å²) >= 11 is 0. The Kier molecular flexibility index (Phi) is 7.47. The molecule has 0 aromatic heterocycles. The Hall–Kier alpha value is -2.77. The number of alkyl halides is 3. The molecule has 0 aliphatic heterocycles. The normalized spacial score (nSPS) is 11.5. The van der Waals surface area contributed by atoms with E-state index in [4.69, 9.17) is 9.47 Å². The third-order valence-electron chi connectivity index (χ3n) is 3.46. The predicted molar refractivity (Wildman–Crippen MR) is 97.5 cm³/mol. The number of ether oxygens (including phenoxy) is 2. The molecule has 0 unspecified atom stereocenters. The molecule has 0 atom stereocenters. The Morgan fingerprint density at radius 1 is 1.07 bits per heavy atom. The zero-order valence-corrected chi connectivity index (χ0v) is 16.0. The molecule has 2 rings (SSSR count). The fourth-order valence-corrected chi connectivity index (χ4v) is 3.07. The first-order valence-electron chi connectivity index (χ1n) is 8.31. The Morgan fingerprint density at radius 3 is 2.48 bits per heavy atom. The number of rotatable bonds is 7. The summed E-state index contributed by atoms with van der Waals surface area (Å²) in [4.78, 5) is -0.291. The molecule has 0 radical (unpaired) electrons. The molecule has 0 aliphatic carbocycles. The molecule has 0 saturated carbocycles. The molecule has 29 heavy (non-hydrogen) atoms. The number of sulfonamides is 1. The molecule has 2 aromatic rings. The molecule has 0 amide bonds. The zero-order chi connectivity index (χ0) is 21.5. The van der Waals surface area contributed by atoms with Gasteiger partial charge in [0.25, 0.3) is 0 Å². The van der Waals surface area contributed by atoms with Crippen molar-refractivity contribution < 1.29 is 35.5 Å². The highest BCUT2D eigenvalue weighted by Crippen LogP contribution is 2.31. The summed E-state index contributed by atoms with van der Waals surface area (Å²) in [5, 5.41) is 0. The van der Waals surface area contributed by atoms with Crippen LogP contribution in [0.5, 0.6) is 11.5 Å². The minimum atomic E-state index is -4.48. The van der Waals surface area contributed by atoms with Gasteiger partial charge in [0, 0.05) is 0 Å². The van der Waals surface area contributed by atoms with Gasteiger partial charge in [-0.3, -0.25) is 0 Å². The van der Waals surface area contributed by atoms with Crippen molar-refractivity contribution in [2.75, 3.05) is 19.8 Å². The summed E-state index contributed by atoms with van der Waals surface area (Å²) in [5.41, 5.74) is -0.849. The van der Waals surface area contributed by atoms with E-state index < -0.39 is 27.6 Å². The van der Waals surface area contributed by atoms with E-state index in [1.807, 2.05) is 0 Å². The molecule has 5 nitrogen and oxygen atoms in total. The molecule has 2 aromatic carbocycles. The molecule has 0 spiro atoms. The number of hydrogen-bond donors (Lipinski definition) is 1. The van der Waals surface area contributed by atoms with Crippen molar-refractivity contribution in [3.05, 3.63) is 53.8 Å². The molecule has 0 saturated heterocycles. The molecule has 0 heterocycles. The minimum Gasteiger partial charge on any atom is -0.491 e. The maximum absolute atomic E-state index is 13.8. The number of nitrogens with one attached hydrogen (secondary N) is 1. The van der Waals surface area contributed by atoms with E-state index in [1.165, 1.54) is 24.3 Å². The second kappa shape index (κ2) is 9.62.